The van der Waals surface area contributed by atoms with Crippen LogP contribution in [-0.2, 0) is 0 Å². The van der Waals surface area contributed by atoms with E-state index in [4.69, 9.17) is 0 Å². The van der Waals surface area contributed by atoms with E-state index in [1.54, 1.807) is 12.4 Å². The van der Waals surface area contributed by atoms with Crippen LogP contribution in [0.2, 0.25) is 0 Å². The number of likely N-dealkylation sites (tertiary alicyclic amines) is 1. The highest BCUT2D eigenvalue weighted by Gasteiger charge is 2.26. The highest BCUT2D eigenvalue weighted by atomic mass is 16.2. The number of nitrogens with zero attached hydrogens (tertiary/aromatic N) is 2. The van der Waals surface area contributed by atoms with Crippen molar-refractivity contribution in [3.63, 3.8) is 0 Å². The Hall–Kier alpha value is -1.58. The van der Waals surface area contributed by atoms with Crippen LogP contribution in [0.5, 0.6) is 0 Å². The fraction of sp³-hybridized carbons (Fsp3) is 0.625. The smallest absolute Gasteiger partial charge is 0.255 e. The molecule has 1 amide bonds. The predicted octanol–water partition coefficient (Wildman–Crippen LogP) is 3.31. The zero-order valence-corrected chi connectivity index (χ0v) is 12.7. The molecule has 1 fully saturated rings. The lowest BCUT2D eigenvalue weighted by Crippen LogP contribution is -2.43. The number of hydrogen-bond acceptors (Lipinski definition) is 3. The fourth-order valence-electron chi connectivity index (χ4n) is 2.83. The lowest BCUT2D eigenvalue weighted by molar-refractivity contribution is 0.0607. The van der Waals surface area contributed by atoms with Crippen molar-refractivity contribution < 1.29 is 4.79 Å². The molecule has 2 heterocycles. The average molecular weight is 275 g/mol. The SMILES string of the molecule is CCC1CCCCN1C(=O)c1cncc(NC(C)C)c1. The summed E-state index contributed by atoms with van der Waals surface area (Å²) >= 11 is 0. The normalized spacial score (nSPS) is 19.2. The Morgan fingerprint density at radius 3 is 2.95 bits per heavy atom. The van der Waals surface area contributed by atoms with Crippen LogP contribution >= 0.6 is 0 Å². The molecule has 0 saturated carbocycles. The van der Waals surface area contributed by atoms with Crippen LogP contribution in [0.15, 0.2) is 18.5 Å². The molecule has 1 aliphatic rings. The van der Waals surface area contributed by atoms with Gasteiger partial charge in [-0.1, -0.05) is 6.92 Å². The summed E-state index contributed by atoms with van der Waals surface area (Å²) in [6, 6.07) is 2.63. The highest BCUT2D eigenvalue weighted by molar-refractivity contribution is 5.95. The monoisotopic (exact) mass is 275 g/mol. The van der Waals surface area contributed by atoms with Gasteiger partial charge < -0.3 is 10.2 Å². The Kier molecular flexibility index (Phi) is 4.99. The molecule has 0 radical (unpaired) electrons. The van der Waals surface area contributed by atoms with Gasteiger partial charge in [-0.25, -0.2) is 0 Å². The van der Waals surface area contributed by atoms with Gasteiger partial charge in [-0.15, -0.1) is 0 Å². The third-order valence-corrected chi connectivity index (χ3v) is 3.80. The zero-order chi connectivity index (χ0) is 14.5. The number of carbonyl (C=O) groups is 1. The van der Waals surface area contributed by atoms with Crippen LogP contribution in [0, 0.1) is 0 Å². The fourth-order valence-corrected chi connectivity index (χ4v) is 2.83. The number of pyridine rings is 1. The second-order valence-corrected chi connectivity index (χ2v) is 5.82. The molecule has 0 bridgehead atoms. The summed E-state index contributed by atoms with van der Waals surface area (Å²) in [7, 11) is 0. The second kappa shape index (κ2) is 6.73. The van der Waals surface area contributed by atoms with E-state index in [9.17, 15) is 4.79 Å². The predicted molar refractivity (Wildman–Crippen MR) is 82.0 cm³/mol. The highest BCUT2D eigenvalue weighted by Crippen LogP contribution is 2.22. The molecule has 0 spiro atoms. The van der Waals surface area contributed by atoms with Gasteiger partial charge in [0.05, 0.1) is 11.3 Å². The Morgan fingerprint density at radius 2 is 2.25 bits per heavy atom. The molecule has 4 nitrogen and oxygen atoms in total. The van der Waals surface area contributed by atoms with Crippen LogP contribution in [0.3, 0.4) is 0 Å². The number of aromatic nitrogens is 1. The van der Waals surface area contributed by atoms with E-state index < -0.39 is 0 Å². The van der Waals surface area contributed by atoms with Crippen molar-refractivity contribution in [2.45, 2.75) is 58.5 Å². The van der Waals surface area contributed by atoms with Gasteiger partial charge in [0, 0.05) is 31.0 Å². The largest absolute Gasteiger partial charge is 0.382 e. The molecular weight excluding hydrogens is 250 g/mol. The van der Waals surface area contributed by atoms with Crippen LogP contribution in [0.4, 0.5) is 5.69 Å². The van der Waals surface area contributed by atoms with Gasteiger partial charge in [-0.3, -0.25) is 9.78 Å². The molecule has 4 heteroatoms. The maximum absolute atomic E-state index is 12.7. The van der Waals surface area contributed by atoms with Crippen molar-refractivity contribution in [3.8, 4) is 0 Å². The molecule has 1 saturated heterocycles. The summed E-state index contributed by atoms with van der Waals surface area (Å²) in [6.45, 7) is 7.18. The van der Waals surface area contributed by atoms with Crippen molar-refractivity contribution in [1.82, 2.24) is 9.88 Å². The van der Waals surface area contributed by atoms with Crippen LogP contribution < -0.4 is 5.32 Å². The van der Waals surface area contributed by atoms with Crippen LogP contribution in [0.25, 0.3) is 0 Å². The van der Waals surface area contributed by atoms with Gasteiger partial charge in [0.2, 0.25) is 0 Å². The average Bonchev–Trinajstić information content (AvgIpc) is 2.46. The minimum atomic E-state index is 0.122. The molecule has 110 valence electrons. The number of carbonyl (C=O) groups excluding carboxylic acids is 1. The van der Waals surface area contributed by atoms with E-state index in [1.165, 1.54) is 6.42 Å². The Labute approximate surface area is 121 Å². The first-order valence-electron chi connectivity index (χ1n) is 7.64. The quantitative estimate of drug-likeness (QED) is 0.917. The summed E-state index contributed by atoms with van der Waals surface area (Å²) in [5.41, 5.74) is 1.60. The summed E-state index contributed by atoms with van der Waals surface area (Å²) < 4.78 is 0. The lowest BCUT2D eigenvalue weighted by atomic mass is 9.99. The first-order chi connectivity index (χ1) is 9.61. The molecule has 2 rings (SSSR count). The number of rotatable bonds is 4. The maximum atomic E-state index is 12.7. The van der Waals surface area contributed by atoms with Crippen molar-refractivity contribution in [2.24, 2.45) is 0 Å². The molecular formula is C16H25N3O. The van der Waals surface area contributed by atoms with Gasteiger partial charge in [-0.05, 0) is 45.6 Å². The molecule has 20 heavy (non-hydrogen) atoms. The molecule has 1 N–H and O–H groups in total. The van der Waals surface area contributed by atoms with E-state index in [0.29, 0.717) is 17.6 Å². The number of anilines is 1. The van der Waals surface area contributed by atoms with Crippen molar-refractivity contribution in [3.05, 3.63) is 24.0 Å². The third kappa shape index (κ3) is 3.50. The molecule has 0 aliphatic carbocycles. The summed E-state index contributed by atoms with van der Waals surface area (Å²) in [6.07, 6.45) is 7.94. The van der Waals surface area contributed by atoms with E-state index in [-0.39, 0.29) is 5.91 Å². The van der Waals surface area contributed by atoms with Gasteiger partial charge >= 0.3 is 0 Å². The third-order valence-electron chi connectivity index (χ3n) is 3.80. The summed E-state index contributed by atoms with van der Waals surface area (Å²) in [4.78, 5) is 18.9. The molecule has 1 aliphatic heterocycles. The minimum Gasteiger partial charge on any atom is -0.382 e. The molecule has 1 aromatic heterocycles. The lowest BCUT2D eigenvalue weighted by Gasteiger charge is -2.35. The van der Waals surface area contributed by atoms with Crippen LogP contribution in [0.1, 0.15) is 56.8 Å². The number of nitrogens with one attached hydrogen (secondary N) is 1. The minimum absolute atomic E-state index is 0.122. The Balaban J connectivity index is 2.15. The number of hydrogen-bond donors (Lipinski definition) is 1. The molecule has 1 aromatic rings. The van der Waals surface area contributed by atoms with E-state index in [1.807, 2.05) is 11.0 Å². The van der Waals surface area contributed by atoms with Gasteiger partial charge in [0.1, 0.15) is 0 Å². The van der Waals surface area contributed by atoms with Gasteiger partial charge in [0.15, 0.2) is 0 Å². The van der Waals surface area contributed by atoms with Crippen molar-refractivity contribution in [2.75, 3.05) is 11.9 Å². The summed E-state index contributed by atoms with van der Waals surface area (Å²) in [5, 5.41) is 3.29. The Morgan fingerprint density at radius 1 is 1.45 bits per heavy atom. The van der Waals surface area contributed by atoms with Crippen molar-refractivity contribution in [1.29, 1.82) is 0 Å². The van der Waals surface area contributed by atoms with Crippen molar-refractivity contribution >= 4 is 11.6 Å². The maximum Gasteiger partial charge on any atom is 0.255 e. The molecule has 1 atom stereocenters. The topological polar surface area (TPSA) is 45.2 Å². The first kappa shape index (κ1) is 14.8. The van der Waals surface area contributed by atoms with Gasteiger partial charge in [-0.2, -0.15) is 0 Å². The second-order valence-electron chi connectivity index (χ2n) is 5.82. The number of amides is 1. The molecule has 0 aromatic carbocycles. The summed E-state index contributed by atoms with van der Waals surface area (Å²) in [5.74, 6) is 0.122. The number of piperidine rings is 1. The van der Waals surface area contributed by atoms with Crippen LogP contribution in [-0.4, -0.2) is 34.4 Å². The van der Waals surface area contributed by atoms with E-state index in [2.05, 4.69) is 31.1 Å². The molecule has 1 unspecified atom stereocenters. The van der Waals surface area contributed by atoms with E-state index >= 15 is 0 Å². The van der Waals surface area contributed by atoms with Gasteiger partial charge in [0.25, 0.3) is 5.91 Å². The standard InChI is InChI=1S/C16H25N3O/c1-4-15-7-5-6-8-19(15)16(20)13-9-14(11-17-10-13)18-12(2)3/h9-12,15,18H,4-8H2,1-3H3. The Bertz CT molecular complexity index is 459. The zero-order valence-electron chi connectivity index (χ0n) is 12.7. The first-order valence-corrected chi connectivity index (χ1v) is 7.64. The van der Waals surface area contributed by atoms with E-state index in [0.717, 1.165) is 31.5 Å².